The molecule has 0 bridgehead atoms. The molecule has 3 N–H and O–H groups in total. The lowest BCUT2D eigenvalue weighted by Crippen LogP contribution is -2.31. The van der Waals surface area contributed by atoms with Gasteiger partial charge in [-0.25, -0.2) is 17.9 Å². The van der Waals surface area contributed by atoms with Crippen molar-refractivity contribution in [2.45, 2.75) is 44.4 Å². The quantitative estimate of drug-likeness (QED) is 0.373. The average Bonchev–Trinajstić information content (AvgIpc) is 3.31. The number of amides is 1. The zero-order valence-corrected chi connectivity index (χ0v) is 19.9. The molecule has 0 fully saturated rings. The number of para-hydroxylation sites is 1. The van der Waals surface area contributed by atoms with Gasteiger partial charge in [-0.05, 0) is 69.3 Å². The molecule has 0 aliphatic rings. The molecule has 0 aliphatic carbocycles. The molecule has 1 heterocycles. The lowest BCUT2D eigenvalue weighted by Gasteiger charge is -2.16. The second-order valence-electron chi connectivity index (χ2n) is 7.82. The number of anilines is 2. The number of benzene rings is 2. The van der Waals surface area contributed by atoms with Gasteiger partial charge in [0.1, 0.15) is 5.76 Å². The minimum Gasteiger partial charge on any atom is -0.467 e. The van der Waals surface area contributed by atoms with Crippen molar-refractivity contribution in [2.24, 2.45) is 0 Å². The average molecular weight is 486 g/mol. The molecule has 10 heteroatoms. The summed E-state index contributed by atoms with van der Waals surface area (Å²) in [6.45, 7) is 5.29. The predicted molar refractivity (Wildman–Crippen MR) is 128 cm³/mol. The van der Waals surface area contributed by atoms with E-state index in [-0.39, 0.29) is 16.5 Å². The van der Waals surface area contributed by atoms with Crippen molar-refractivity contribution in [3.63, 3.8) is 0 Å². The zero-order valence-electron chi connectivity index (χ0n) is 19.1. The van der Waals surface area contributed by atoms with E-state index in [1.807, 2.05) is 6.07 Å². The molecule has 1 unspecified atom stereocenters. The van der Waals surface area contributed by atoms with Gasteiger partial charge in [0.15, 0.2) is 6.10 Å². The van der Waals surface area contributed by atoms with E-state index in [0.29, 0.717) is 23.7 Å². The number of ether oxygens (including phenoxy) is 1. The molecule has 1 atom stereocenters. The maximum Gasteiger partial charge on any atom is 0.341 e. The maximum absolute atomic E-state index is 12.7. The molecule has 9 nitrogen and oxygen atoms in total. The minimum absolute atomic E-state index is 0.0809. The van der Waals surface area contributed by atoms with Gasteiger partial charge in [-0.15, -0.1) is 0 Å². The summed E-state index contributed by atoms with van der Waals surface area (Å²) < 4.78 is 37.6. The normalized spacial score (nSPS) is 12.2. The van der Waals surface area contributed by atoms with Crippen LogP contribution in [0.15, 0.2) is 76.2 Å². The van der Waals surface area contributed by atoms with Crippen LogP contribution in [-0.4, -0.2) is 32.4 Å². The van der Waals surface area contributed by atoms with Gasteiger partial charge in [0.25, 0.3) is 5.91 Å². The topological polar surface area (TPSA) is 127 Å². The number of esters is 1. The smallest absolute Gasteiger partial charge is 0.341 e. The monoisotopic (exact) mass is 485 g/mol. The Morgan fingerprint density at radius 2 is 1.68 bits per heavy atom. The van der Waals surface area contributed by atoms with Gasteiger partial charge in [-0.3, -0.25) is 4.79 Å². The van der Waals surface area contributed by atoms with Crippen LogP contribution in [0.5, 0.6) is 0 Å². The third-order valence-electron chi connectivity index (χ3n) is 4.66. The Balaban J connectivity index is 1.60. The van der Waals surface area contributed by atoms with E-state index in [1.165, 1.54) is 31.2 Å². The van der Waals surface area contributed by atoms with Gasteiger partial charge >= 0.3 is 5.97 Å². The summed E-state index contributed by atoms with van der Waals surface area (Å²) in [6, 6.07) is 15.8. The second-order valence-corrected chi connectivity index (χ2v) is 9.53. The van der Waals surface area contributed by atoms with Crippen LogP contribution in [0.25, 0.3) is 0 Å². The molecule has 0 saturated carbocycles. The number of sulfonamides is 1. The Morgan fingerprint density at radius 3 is 2.32 bits per heavy atom. The van der Waals surface area contributed by atoms with E-state index in [4.69, 9.17) is 9.15 Å². The minimum atomic E-state index is -3.63. The van der Waals surface area contributed by atoms with Crippen LogP contribution in [-0.2, 0) is 26.1 Å². The van der Waals surface area contributed by atoms with E-state index in [9.17, 15) is 18.0 Å². The Morgan fingerprint density at radius 1 is 0.971 bits per heavy atom. The van der Waals surface area contributed by atoms with Crippen molar-refractivity contribution in [1.29, 1.82) is 0 Å². The molecule has 0 spiro atoms. The van der Waals surface area contributed by atoms with Crippen molar-refractivity contribution < 1.29 is 27.2 Å². The fraction of sp³-hybridized carbons (Fsp3) is 0.250. The SMILES string of the molecule is CC(C)NS(=O)(=O)c1ccc(NC(=O)C(C)OC(=O)c2ccccc2NCc2ccco2)cc1. The van der Waals surface area contributed by atoms with Gasteiger partial charge in [-0.2, -0.15) is 0 Å². The molecule has 1 amide bonds. The van der Waals surface area contributed by atoms with Crippen molar-refractivity contribution >= 4 is 33.3 Å². The van der Waals surface area contributed by atoms with Gasteiger partial charge in [0.05, 0.1) is 23.3 Å². The van der Waals surface area contributed by atoms with Crippen LogP contribution < -0.4 is 15.4 Å². The molecule has 3 aromatic rings. The first-order valence-electron chi connectivity index (χ1n) is 10.7. The van der Waals surface area contributed by atoms with Crippen LogP contribution in [0.1, 0.15) is 36.9 Å². The summed E-state index contributed by atoms with van der Waals surface area (Å²) in [6.07, 6.45) is 0.476. The summed E-state index contributed by atoms with van der Waals surface area (Å²) in [5, 5.41) is 5.74. The largest absolute Gasteiger partial charge is 0.467 e. The van der Waals surface area contributed by atoms with Crippen molar-refractivity contribution in [3.05, 3.63) is 78.3 Å². The molecule has 2 aromatic carbocycles. The number of carbonyl (C=O) groups is 2. The Kier molecular flexibility index (Phi) is 8.08. The van der Waals surface area contributed by atoms with E-state index < -0.39 is 28.0 Å². The fourth-order valence-corrected chi connectivity index (χ4v) is 4.28. The standard InChI is InChI=1S/C24H27N3O6S/c1-16(2)27-34(30,31)20-12-10-18(11-13-20)26-23(28)17(3)33-24(29)21-8-4-5-9-22(21)25-15-19-7-6-14-32-19/h4-14,16-17,25,27H,15H2,1-3H3,(H,26,28). The molecule has 180 valence electrons. The third kappa shape index (κ3) is 6.69. The first-order chi connectivity index (χ1) is 16.2. The summed E-state index contributed by atoms with van der Waals surface area (Å²) in [5.41, 5.74) is 1.20. The van der Waals surface area contributed by atoms with Crippen molar-refractivity contribution in [3.8, 4) is 0 Å². The zero-order chi connectivity index (χ0) is 24.7. The number of furan rings is 1. The molecular weight excluding hydrogens is 458 g/mol. The van der Waals surface area contributed by atoms with Gasteiger partial charge in [0, 0.05) is 17.4 Å². The number of carbonyl (C=O) groups excluding carboxylic acids is 2. The van der Waals surface area contributed by atoms with E-state index in [0.717, 1.165) is 0 Å². The molecule has 1 aromatic heterocycles. The first-order valence-corrected chi connectivity index (χ1v) is 12.1. The number of hydrogen-bond donors (Lipinski definition) is 3. The Hall–Kier alpha value is -3.63. The number of nitrogens with one attached hydrogen (secondary N) is 3. The lowest BCUT2D eigenvalue weighted by molar-refractivity contribution is -0.123. The summed E-state index contributed by atoms with van der Waals surface area (Å²) in [4.78, 5) is 25.3. The summed E-state index contributed by atoms with van der Waals surface area (Å²) in [7, 11) is -3.63. The molecular formula is C24H27N3O6S. The number of rotatable bonds is 10. The van der Waals surface area contributed by atoms with Crippen LogP contribution in [0, 0.1) is 0 Å². The highest BCUT2D eigenvalue weighted by atomic mass is 32.2. The van der Waals surface area contributed by atoms with Gasteiger partial charge in [-0.1, -0.05) is 12.1 Å². The molecule has 3 rings (SSSR count). The highest BCUT2D eigenvalue weighted by Crippen LogP contribution is 2.19. The molecule has 0 aliphatic heterocycles. The van der Waals surface area contributed by atoms with Gasteiger partial charge < -0.3 is 19.8 Å². The highest BCUT2D eigenvalue weighted by Gasteiger charge is 2.21. The predicted octanol–water partition coefficient (Wildman–Crippen LogP) is 3.76. The van der Waals surface area contributed by atoms with E-state index in [2.05, 4.69) is 15.4 Å². The highest BCUT2D eigenvalue weighted by molar-refractivity contribution is 7.89. The molecule has 0 saturated heterocycles. The Bertz CT molecular complexity index is 1220. The maximum atomic E-state index is 12.7. The summed E-state index contributed by atoms with van der Waals surface area (Å²) in [5.74, 6) is -0.508. The number of hydrogen-bond acceptors (Lipinski definition) is 7. The van der Waals surface area contributed by atoms with E-state index >= 15 is 0 Å². The molecule has 0 radical (unpaired) electrons. The van der Waals surface area contributed by atoms with Crippen molar-refractivity contribution in [2.75, 3.05) is 10.6 Å². The molecule has 34 heavy (non-hydrogen) atoms. The lowest BCUT2D eigenvalue weighted by atomic mass is 10.1. The second kappa shape index (κ2) is 11.0. The van der Waals surface area contributed by atoms with Crippen LogP contribution >= 0.6 is 0 Å². The van der Waals surface area contributed by atoms with E-state index in [1.54, 1.807) is 50.4 Å². The summed E-state index contributed by atoms with van der Waals surface area (Å²) >= 11 is 0. The van der Waals surface area contributed by atoms with Crippen molar-refractivity contribution in [1.82, 2.24) is 4.72 Å². The van der Waals surface area contributed by atoms with Crippen LogP contribution in [0.2, 0.25) is 0 Å². The first kappa shape index (κ1) is 25.0. The van der Waals surface area contributed by atoms with Crippen LogP contribution in [0.3, 0.4) is 0 Å². The Labute approximate surface area is 198 Å². The fourth-order valence-electron chi connectivity index (χ4n) is 3.03. The van der Waals surface area contributed by atoms with Gasteiger partial charge in [0.2, 0.25) is 10.0 Å². The third-order valence-corrected chi connectivity index (χ3v) is 6.33. The van der Waals surface area contributed by atoms with Crippen LogP contribution in [0.4, 0.5) is 11.4 Å².